The maximum atomic E-state index is 4.45. The molecule has 0 aliphatic heterocycles. The van der Waals surface area contributed by atoms with E-state index in [9.17, 15) is 0 Å². The first kappa shape index (κ1) is 13.2. The molecule has 0 atom stereocenters. The number of anilines is 1. The number of nitrogens with one attached hydrogen (secondary N) is 1. The van der Waals surface area contributed by atoms with Gasteiger partial charge in [0.15, 0.2) is 5.82 Å². The Morgan fingerprint density at radius 3 is 2.81 bits per heavy atom. The molecule has 0 aliphatic carbocycles. The predicted octanol–water partition coefficient (Wildman–Crippen LogP) is 1.37. The van der Waals surface area contributed by atoms with Crippen molar-refractivity contribution in [2.45, 2.75) is 19.9 Å². The van der Waals surface area contributed by atoms with Gasteiger partial charge in [-0.15, -0.1) is 0 Å². The van der Waals surface area contributed by atoms with Crippen molar-refractivity contribution in [2.24, 2.45) is 0 Å². The summed E-state index contributed by atoms with van der Waals surface area (Å²) in [5, 5.41) is 11.4. The summed E-state index contributed by atoms with van der Waals surface area (Å²) in [4.78, 5) is 13.1. The Kier molecular flexibility index (Phi) is 3.59. The largest absolute Gasteiger partial charge is 0.357 e. The van der Waals surface area contributed by atoms with E-state index < -0.39 is 0 Å². The molecule has 0 saturated carbocycles. The summed E-state index contributed by atoms with van der Waals surface area (Å²) >= 11 is 0. The van der Waals surface area contributed by atoms with Gasteiger partial charge < -0.3 is 5.32 Å². The van der Waals surface area contributed by atoms with Crippen molar-refractivity contribution in [3.8, 4) is 17.3 Å². The van der Waals surface area contributed by atoms with Crippen LogP contribution in [0.5, 0.6) is 0 Å². The second-order valence-corrected chi connectivity index (χ2v) is 4.48. The third kappa shape index (κ3) is 2.73. The van der Waals surface area contributed by atoms with E-state index in [4.69, 9.17) is 0 Å². The normalized spacial score (nSPS) is 10.8. The Balaban J connectivity index is 2.02. The lowest BCUT2D eigenvalue weighted by Crippen LogP contribution is -2.08. The molecule has 0 unspecified atom stereocenters. The van der Waals surface area contributed by atoms with Crippen molar-refractivity contribution in [1.82, 2.24) is 34.5 Å². The summed E-state index contributed by atoms with van der Waals surface area (Å²) < 4.78 is 3.48. The molecule has 0 radical (unpaired) electrons. The van der Waals surface area contributed by atoms with Crippen molar-refractivity contribution in [1.29, 1.82) is 0 Å². The molecule has 21 heavy (non-hydrogen) atoms. The minimum Gasteiger partial charge on any atom is -0.357 e. The number of rotatable bonds is 5. The van der Waals surface area contributed by atoms with Gasteiger partial charge in [-0.2, -0.15) is 25.1 Å². The van der Waals surface area contributed by atoms with Gasteiger partial charge in [0, 0.05) is 32.2 Å². The van der Waals surface area contributed by atoms with Crippen LogP contribution in [0.15, 0.2) is 30.9 Å². The van der Waals surface area contributed by atoms with Gasteiger partial charge in [0.1, 0.15) is 0 Å². The van der Waals surface area contributed by atoms with E-state index in [2.05, 4.69) is 37.4 Å². The molecule has 8 nitrogen and oxygen atoms in total. The Labute approximate surface area is 121 Å². The third-order valence-electron chi connectivity index (χ3n) is 2.90. The highest BCUT2D eigenvalue weighted by Crippen LogP contribution is 2.16. The summed E-state index contributed by atoms with van der Waals surface area (Å²) in [6.07, 6.45) is 8.20. The van der Waals surface area contributed by atoms with Gasteiger partial charge in [0.05, 0.1) is 11.8 Å². The maximum absolute atomic E-state index is 4.45. The number of aromatic nitrogens is 7. The number of nitrogens with zero attached hydrogens (tertiary/aromatic N) is 7. The molecule has 0 fully saturated rings. The van der Waals surface area contributed by atoms with Crippen LogP contribution in [0.25, 0.3) is 17.3 Å². The van der Waals surface area contributed by atoms with Crippen LogP contribution >= 0.6 is 0 Å². The molecule has 108 valence electrons. The van der Waals surface area contributed by atoms with E-state index in [1.54, 1.807) is 30.3 Å². The van der Waals surface area contributed by atoms with Gasteiger partial charge in [-0.1, -0.05) is 6.92 Å². The first-order valence-electron chi connectivity index (χ1n) is 6.77. The lowest BCUT2D eigenvalue weighted by atomic mass is 10.3. The zero-order chi connectivity index (χ0) is 14.7. The molecule has 0 spiro atoms. The lowest BCUT2D eigenvalue weighted by molar-refractivity contribution is 0.603. The summed E-state index contributed by atoms with van der Waals surface area (Å²) in [6, 6.07) is 1.82. The van der Waals surface area contributed by atoms with Gasteiger partial charge in [-0.3, -0.25) is 4.68 Å². The van der Waals surface area contributed by atoms with Crippen LogP contribution in [0.1, 0.15) is 13.3 Å². The molecule has 0 aliphatic rings. The molecule has 3 aromatic rings. The number of hydrogen-bond donors (Lipinski definition) is 1. The molecule has 0 amide bonds. The van der Waals surface area contributed by atoms with Crippen LogP contribution in [0.2, 0.25) is 0 Å². The maximum Gasteiger partial charge on any atom is 0.255 e. The fourth-order valence-electron chi connectivity index (χ4n) is 1.93. The summed E-state index contributed by atoms with van der Waals surface area (Å²) in [7, 11) is 1.77. The first-order chi connectivity index (χ1) is 10.3. The summed E-state index contributed by atoms with van der Waals surface area (Å²) in [6.45, 7) is 2.98. The zero-order valence-electron chi connectivity index (χ0n) is 11.9. The molecule has 1 N–H and O–H groups in total. The van der Waals surface area contributed by atoms with Gasteiger partial charge in [-0.05, 0) is 12.5 Å². The van der Waals surface area contributed by atoms with E-state index >= 15 is 0 Å². The van der Waals surface area contributed by atoms with Gasteiger partial charge in [0.25, 0.3) is 5.95 Å². The third-order valence-corrected chi connectivity index (χ3v) is 2.90. The molecule has 0 aromatic carbocycles. The highest BCUT2D eigenvalue weighted by molar-refractivity contribution is 5.54. The summed E-state index contributed by atoms with van der Waals surface area (Å²) in [5.41, 5.74) is 0.857. The first-order valence-corrected chi connectivity index (χ1v) is 6.77. The second kappa shape index (κ2) is 5.70. The molecular weight excluding hydrogens is 268 g/mol. The van der Waals surface area contributed by atoms with E-state index in [0.29, 0.717) is 17.7 Å². The average molecular weight is 284 g/mol. The van der Waals surface area contributed by atoms with E-state index in [1.807, 2.05) is 16.9 Å². The van der Waals surface area contributed by atoms with Crippen LogP contribution in [-0.2, 0) is 6.54 Å². The monoisotopic (exact) mass is 284 g/mol. The average Bonchev–Trinajstić information content (AvgIpc) is 3.18. The molecule has 3 aromatic heterocycles. The quantitative estimate of drug-likeness (QED) is 0.761. The predicted molar refractivity (Wildman–Crippen MR) is 78.0 cm³/mol. The second-order valence-electron chi connectivity index (χ2n) is 4.48. The number of aryl methyl sites for hydroxylation is 1. The highest BCUT2D eigenvalue weighted by atomic mass is 15.4. The van der Waals surface area contributed by atoms with Gasteiger partial charge in [0.2, 0.25) is 5.95 Å². The van der Waals surface area contributed by atoms with Crippen LogP contribution < -0.4 is 5.32 Å². The van der Waals surface area contributed by atoms with Crippen LogP contribution in [0.4, 0.5) is 5.95 Å². The minimum absolute atomic E-state index is 0.470. The van der Waals surface area contributed by atoms with E-state index in [1.165, 1.54) is 0 Å². The molecule has 0 bridgehead atoms. The van der Waals surface area contributed by atoms with Crippen LogP contribution in [0, 0.1) is 0 Å². The summed E-state index contributed by atoms with van der Waals surface area (Å²) in [5.74, 6) is 1.54. The van der Waals surface area contributed by atoms with Gasteiger partial charge >= 0.3 is 0 Å². The Morgan fingerprint density at radius 2 is 2.10 bits per heavy atom. The highest BCUT2D eigenvalue weighted by Gasteiger charge is 2.11. The lowest BCUT2D eigenvalue weighted by Gasteiger charge is -2.05. The molecular formula is C13H16N8. The molecule has 8 heteroatoms. The zero-order valence-corrected chi connectivity index (χ0v) is 11.9. The minimum atomic E-state index is 0.470. The van der Waals surface area contributed by atoms with Crippen molar-refractivity contribution in [2.75, 3.05) is 12.4 Å². The number of hydrogen-bond acceptors (Lipinski definition) is 6. The van der Waals surface area contributed by atoms with Crippen molar-refractivity contribution >= 4 is 5.95 Å². The Hall–Kier alpha value is -2.77. The van der Waals surface area contributed by atoms with Crippen LogP contribution in [-0.4, -0.2) is 41.6 Å². The molecule has 0 saturated heterocycles. The van der Waals surface area contributed by atoms with Crippen molar-refractivity contribution in [3.63, 3.8) is 0 Å². The van der Waals surface area contributed by atoms with Crippen molar-refractivity contribution < 1.29 is 0 Å². The van der Waals surface area contributed by atoms with E-state index in [0.717, 1.165) is 18.5 Å². The van der Waals surface area contributed by atoms with Gasteiger partial charge in [-0.25, -0.2) is 4.68 Å². The SMILES string of the molecule is CCCn1cc(-c2nc(NC)nc(-n3cccn3)n2)cn1. The van der Waals surface area contributed by atoms with Crippen molar-refractivity contribution in [3.05, 3.63) is 30.9 Å². The van der Waals surface area contributed by atoms with E-state index in [-0.39, 0.29) is 0 Å². The molecule has 3 rings (SSSR count). The standard InChI is InChI=1S/C13H16N8/c1-3-6-20-9-10(8-16-20)11-17-12(14-2)19-13(18-11)21-7-4-5-15-21/h4-5,7-9H,3,6H2,1-2H3,(H,14,17,18,19). The Morgan fingerprint density at radius 1 is 1.19 bits per heavy atom. The Bertz CT molecular complexity index is 716. The topological polar surface area (TPSA) is 86.3 Å². The fourth-order valence-corrected chi connectivity index (χ4v) is 1.93. The fraction of sp³-hybridized carbons (Fsp3) is 0.308. The van der Waals surface area contributed by atoms with Crippen LogP contribution in [0.3, 0.4) is 0 Å². The smallest absolute Gasteiger partial charge is 0.255 e. The molecule has 3 heterocycles.